The second-order valence-corrected chi connectivity index (χ2v) is 12.3. The molecule has 3 amide bonds. The van der Waals surface area contributed by atoms with Crippen molar-refractivity contribution in [1.82, 2.24) is 14.8 Å². The molecule has 0 unspecified atom stereocenters. The minimum absolute atomic E-state index is 0.00157. The molecular weight excluding hydrogens is 733 g/mol. The van der Waals surface area contributed by atoms with E-state index in [2.05, 4.69) is 25.1 Å². The molecular formula is C35H25F7N6O4S. The van der Waals surface area contributed by atoms with E-state index in [9.17, 15) is 35.9 Å². The quantitative estimate of drug-likeness (QED) is 0.150. The van der Waals surface area contributed by atoms with Crippen LogP contribution in [0.3, 0.4) is 0 Å². The summed E-state index contributed by atoms with van der Waals surface area (Å²) in [5.41, 5.74) is 1.15. The highest BCUT2D eigenvalue weighted by Gasteiger charge is 2.34. The Morgan fingerprint density at radius 1 is 0.943 bits per heavy atom. The van der Waals surface area contributed by atoms with Crippen LogP contribution < -0.4 is 15.0 Å². The van der Waals surface area contributed by atoms with Gasteiger partial charge in [0.25, 0.3) is 0 Å². The summed E-state index contributed by atoms with van der Waals surface area (Å²) in [5, 5.41) is 6.55. The van der Waals surface area contributed by atoms with Gasteiger partial charge in [-0.25, -0.2) is 18.9 Å². The summed E-state index contributed by atoms with van der Waals surface area (Å²) >= 11 is 0.974. The third kappa shape index (κ3) is 9.01. The Balaban J connectivity index is 1.14. The monoisotopic (exact) mass is 758 g/mol. The molecule has 1 aliphatic heterocycles. The molecule has 1 N–H and O–H groups in total. The Morgan fingerprint density at radius 2 is 1.68 bits per heavy atom. The van der Waals surface area contributed by atoms with Gasteiger partial charge in [0.2, 0.25) is 5.91 Å². The number of nitrogens with zero attached hydrogens (tertiary/aromatic N) is 5. The molecule has 1 saturated heterocycles. The molecule has 0 saturated carbocycles. The molecule has 1 fully saturated rings. The lowest BCUT2D eigenvalue weighted by molar-refractivity contribution is -0.275. The smallest absolute Gasteiger partial charge is 0.405 e. The van der Waals surface area contributed by atoms with Gasteiger partial charge in [0.15, 0.2) is 11.0 Å². The predicted molar refractivity (Wildman–Crippen MR) is 181 cm³/mol. The van der Waals surface area contributed by atoms with Gasteiger partial charge in [-0.15, -0.1) is 18.3 Å². The molecule has 10 nitrogen and oxygen atoms in total. The number of carbonyl (C=O) groups excluding carboxylic acids is 2. The third-order valence-electron chi connectivity index (χ3n) is 7.58. The number of halogens is 7. The second kappa shape index (κ2) is 15.1. The SMILES string of the molecule is Cc1ccc(COCc2ccccc2OC(F)(F)F)c(N2C(=O)CSC2=NC(=O)Nc2ccc(-c3ncn(-c4ccc(C(F)(F)F)cc4)n3)cc2F)c1. The highest BCUT2D eigenvalue weighted by Crippen LogP contribution is 2.33. The van der Waals surface area contributed by atoms with Crippen LogP contribution in [0.5, 0.6) is 5.75 Å². The molecule has 274 valence electrons. The van der Waals surface area contributed by atoms with Crippen LogP contribution in [0.25, 0.3) is 17.1 Å². The summed E-state index contributed by atoms with van der Waals surface area (Å²) in [5.74, 6) is -1.68. The van der Waals surface area contributed by atoms with Gasteiger partial charge in [-0.05, 0) is 67.1 Å². The highest BCUT2D eigenvalue weighted by atomic mass is 32.2. The first-order valence-electron chi connectivity index (χ1n) is 15.4. The molecule has 6 rings (SSSR count). The van der Waals surface area contributed by atoms with Crippen molar-refractivity contribution >= 4 is 40.2 Å². The number of aryl methyl sites for hydroxylation is 1. The van der Waals surface area contributed by atoms with Crippen molar-refractivity contribution in [3.63, 3.8) is 0 Å². The zero-order valence-corrected chi connectivity index (χ0v) is 28.0. The normalized spacial score (nSPS) is 14.2. The lowest BCUT2D eigenvalue weighted by Crippen LogP contribution is -2.31. The van der Waals surface area contributed by atoms with Crippen LogP contribution in [0.15, 0.2) is 96.2 Å². The van der Waals surface area contributed by atoms with E-state index in [0.717, 1.165) is 35.5 Å². The number of aromatic nitrogens is 3. The van der Waals surface area contributed by atoms with Crippen LogP contribution in [0.1, 0.15) is 22.3 Å². The van der Waals surface area contributed by atoms with Gasteiger partial charge in [0.1, 0.15) is 17.9 Å². The van der Waals surface area contributed by atoms with Gasteiger partial charge in [0, 0.05) is 16.7 Å². The summed E-state index contributed by atoms with van der Waals surface area (Å²) in [6, 6.07) is 17.6. The van der Waals surface area contributed by atoms with E-state index in [1.807, 2.05) is 0 Å². The Kier molecular flexibility index (Phi) is 10.5. The number of amidine groups is 1. The van der Waals surface area contributed by atoms with Crippen molar-refractivity contribution in [2.24, 2.45) is 4.99 Å². The van der Waals surface area contributed by atoms with Gasteiger partial charge in [0.05, 0.1) is 41.6 Å². The highest BCUT2D eigenvalue weighted by molar-refractivity contribution is 8.15. The molecule has 1 aliphatic rings. The van der Waals surface area contributed by atoms with E-state index in [0.29, 0.717) is 16.9 Å². The maximum Gasteiger partial charge on any atom is 0.573 e. The van der Waals surface area contributed by atoms with E-state index >= 15 is 4.39 Å². The first kappa shape index (κ1) is 37.0. The lowest BCUT2D eigenvalue weighted by Gasteiger charge is -2.21. The van der Waals surface area contributed by atoms with Crippen molar-refractivity contribution in [3.05, 3.63) is 119 Å². The van der Waals surface area contributed by atoms with Crippen LogP contribution in [0, 0.1) is 12.7 Å². The topological polar surface area (TPSA) is 111 Å². The van der Waals surface area contributed by atoms with Crippen LogP contribution in [-0.4, -0.2) is 44.0 Å². The summed E-state index contributed by atoms with van der Waals surface area (Å²) in [6.45, 7) is 1.41. The van der Waals surface area contributed by atoms with Crippen molar-refractivity contribution in [2.45, 2.75) is 32.7 Å². The number of nitrogens with one attached hydrogen (secondary N) is 1. The van der Waals surface area contributed by atoms with E-state index < -0.39 is 41.6 Å². The molecule has 0 atom stereocenters. The van der Waals surface area contributed by atoms with E-state index in [1.54, 1.807) is 25.1 Å². The number of thioether (sulfide) groups is 1. The minimum Gasteiger partial charge on any atom is -0.405 e. The maximum atomic E-state index is 15.2. The first-order chi connectivity index (χ1) is 25.1. The lowest BCUT2D eigenvalue weighted by atomic mass is 10.1. The molecule has 1 aromatic heterocycles. The van der Waals surface area contributed by atoms with E-state index in [4.69, 9.17) is 4.74 Å². The van der Waals surface area contributed by atoms with Crippen LogP contribution in [0.4, 0.5) is 46.9 Å². The molecule has 0 radical (unpaired) electrons. The fourth-order valence-electron chi connectivity index (χ4n) is 5.11. The number of amides is 3. The Bertz CT molecular complexity index is 2190. The first-order valence-corrected chi connectivity index (χ1v) is 16.4. The Morgan fingerprint density at radius 3 is 2.40 bits per heavy atom. The number of rotatable bonds is 9. The average Bonchev–Trinajstić information content (AvgIpc) is 3.73. The van der Waals surface area contributed by atoms with Crippen LogP contribution >= 0.6 is 11.8 Å². The molecule has 53 heavy (non-hydrogen) atoms. The Hall–Kier alpha value is -5.75. The van der Waals surface area contributed by atoms with E-state index in [-0.39, 0.29) is 46.8 Å². The van der Waals surface area contributed by atoms with E-state index in [1.165, 1.54) is 64.4 Å². The number of para-hydroxylation sites is 1. The van der Waals surface area contributed by atoms with Gasteiger partial charge in [-0.2, -0.15) is 18.2 Å². The van der Waals surface area contributed by atoms with Crippen molar-refractivity contribution in [3.8, 4) is 22.8 Å². The average molecular weight is 759 g/mol. The summed E-state index contributed by atoms with van der Waals surface area (Å²) in [4.78, 5) is 35.4. The second-order valence-electron chi connectivity index (χ2n) is 11.4. The maximum absolute atomic E-state index is 15.2. The minimum atomic E-state index is -4.89. The van der Waals surface area contributed by atoms with Crippen molar-refractivity contribution in [1.29, 1.82) is 0 Å². The number of alkyl halides is 6. The van der Waals surface area contributed by atoms with Gasteiger partial charge in [-0.1, -0.05) is 42.1 Å². The standard InChI is InChI=1S/C35H25F7N6O4S/c1-20-6-7-22(16-51-17-23-4-2-3-5-29(23)52-35(40,41)42)28(14-20)48-30(49)18-53-33(48)45-32(50)44-27-13-8-21(15-26(27)36)31-43-19-47(46-31)25-11-9-24(10-12-25)34(37,38)39/h2-15,19H,16-18H2,1H3,(H,44,50). The largest absolute Gasteiger partial charge is 0.573 e. The number of urea groups is 1. The number of benzene rings is 4. The number of hydrogen-bond acceptors (Lipinski definition) is 7. The zero-order chi connectivity index (χ0) is 37.9. The Labute approximate surface area is 300 Å². The number of hydrogen-bond donors (Lipinski definition) is 1. The number of carbonyl (C=O) groups is 2. The molecule has 5 aromatic rings. The fourth-order valence-corrected chi connectivity index (χ4v) is 5.97. The third-order valence-corrected chi connectivity index (χ3v) is 8.50. The van der Waals surface area contributed by atoms with Crippen LogP contribution in [-0.2, 0) is 28.9 Å². The molecule has 4 aromatic carbocycles. The number of anilines is 2. The zero-order valence-electron chi connectivity index (χ0n) is 27.2. The molecule has 18 heteroatoms. The summed E-state index contributed by atoms with van der Waals surface area (Å²) < 4.78 is 103. The fraction of sp³-hybridized carbons (Fsp3) is 0.171. The molecule has 0 spiro atoms. The molecule has 2 heterocycles. The van der Waals surface area contributed by atoms with Crippen LogP contribution in [0.2, 0.25) is 0 Å². The van der Waals surface area contributed by atoms with Gasteiger partial charge >= 0.3 is 18.6 Å². The number of aliphatic imine (C=N–C) groups is 1. The summed E-state index contributed by atoms with van der Waals surface area (Å²) in [6.07, 6.45) is -8.14. The van der Waals surface area contributed by atoms with Gasteiger partial charge in [-0.3, -0.25) is 9.69 Å². The summed E-state index contributed by atoms with van der Waals surface area (Å²) in [7, 11) is 0. The molecule has 0 bridgehead atoms. The predicted octanol–water partition coefficient (Wildman–Crippen LogP) is 8.68. The number of ether oxygens (including phenoxy) is 2. The van der Waals surface area contributed by atoms with Crippen molar-refractivity contribution in [2.75, 3.05) is 16.0 Å². The van der Waals surface area contributed by atoms with Gasteiger partial charge < -0.3 is 14.8 Å². The molecule has 0 aliphatic carbocycles. The van der Waals surface area contributed by atoms with Crippen molar-refractivity contribution < 1.29 is 49.8 Å².